The van der Waals surface area contributed by atoms with Crippen molar-refractivity contribution in [3.05, 3.63) is 28.8 Å². The summed E-state index contributed by atoms with van der Waals surface area (Å²) < 4.78 is 4.95. The summed E-state index contributed by atoms with van der Waals surface area (Å²) in [6.45, 7) is 0. The molecule has 0 aliphatic rings. The second-order valence-electron chi connectivity index (χ2n) is 2.39. The average Bonchev–Trinajstić information content (AvgIpc) is 2.16. The van der Waals surface area contributed by atoms with Crippen molar-refractivity contribution in [1.29, 1.82) is 5.26 Å². The molecule has 0 aliphatic heterocycles. The number of aliphatic hydroxyl groups is 1. The van der Waals surface area contributed by atoms with Crippen molar-refractivity contribution < 1.29 is 9.84 Å². The molecular formula is C9H8ClNO2. The lowest BCUT2D eigenvalue weighted by molar-refractivity contribution is 0.230. The van der Waals surface area contributed by atoms with Crippen LogP contribution in [-0.2, 0) is 0 Å². The zero-order valence-corrected chi connectivity index (χ0v) is 7.75. The van der Waals surface area contributed by atoms with Crippen molar-refractivity contribution in [2.24, 2.45) is 0 Å². The molecule has 0 spiro atoms. The van der Waals surface area contributed by atoms with E-state index in [1.165, 1.54) is 7.11 Å². The Bertz CT molecular complexity index is 346. The molecule has 0 saturated heterocycles. The van der Waals surface area contributed by atoms with E-state index in [4.69, 9.17) is 21.6 Å². The first-order valence-corrected chi connectivity index (χ1v) is 3.98. The van der Waals surface area contributed by atoms with E-state index in [0.29, 0.717) is 16.3 Å². The number of nitrogens with zero attached hydrogens (tertiary/aromatic N) is 1. The van der Waals surface area contributed by atoms with Crippen LogP contribution in [0.1, 0.15) is 11.7 Å². The third kappa shape index (κ3) is 1.92. The molecule has 0 bridgehead atoms. The summed E-state index contributed by atoms with van der Waals surface area (Å²) in [6, 6.07) is 6.61. The van der Waals surface area contributed by atoms with Crippen LogP contribution in [0.15, 0.2) is 18.2 Å². The van der Waals surface area contributed by atoms with Crippen LogP contribution in [0.2, 0.25) is 5.02 Å². The highest BCUT2D eigenvalue weighted by molar-refractivity contribution is 6.31. The molecule has 1 N–H and O–H groups in total. The minimum atomic E-state index is -1.25. The zero-order chi connectivity index (χ0) is 9.84. The highest BCUT2D eigenvalue weighted by Gasteiger charge is 2.15. The SMILES string of the molecule is COc1cccc(Cl)c1C(O)C#N. The molecule has 4 heteroatoms. The number of aliphatic hydroxyl groups excluding tert-OH is 1. The van der Waals surface area contributed by atoms with E-state index in [9.17, 15) is 5.11 Å². The van der Waals surface area contributed by atoms with Crippen molar-refractivity contribution in [3.8, 4) is 11.8 Å². The summed E-state index contributed by atoms with van der Waals surface area (Å²) in [4.78, 5) is 0. The average molecular weight is 198 g/mol. The van der Waals surface area contributed by atoms with E-state index in [-0.39, 0.29) is 0 Å². The summed E-state index contributed by atoms with van der Waals surface area (Å²) in [5.74, 6) is 0.418. The Kier molecular flexibility index (Phi) is 3.13. The highest BCUT2D eigenvalue weighted by Crippen LogP contribution is 2.31. The van der Waals surface area contributed by atoms with E-state index in [1.807, 2.05) is 0 Å². The lowest BCUT2D eigenvalue weighted by atomic mass is 10.1. The van der Waals surface area contributed by atoms with E-state index < -0.39 is 6.10 Å². The Morgan fingerprint density at radius 1 is 1.62 bits per heavy atom. The van der Waals surface area contributed by atoms with Crippen LogP contribution >= 0.6 is 11.6 Å². The standard InChI is InChI=1S/C9H8ClNO2/c1-13-8-4-2-3-6(10)9(8)7(12)5-11/h2-4,7,12H,1H3. The quantitative estimate of drug-likeness (QED) is 0.737. The molecule has 0 amide bonds. The summed E-state index contributed by atoms with van der Waals surface area (Å²) in [7, 11) is 1.46. The molecule has 0 aromatic heterocycles. The number of benzene rings is 1. The molecule has 0 saturated carbocycles. The fraction of sp³-hybridized carbons (Fsp3) is 0.222. The van der Waals surface area contributed by atoms with Crippen LogP contribution < -0.4 is 4.74 Å². The zero-order valence-electron chi connectivity index (χ0n) is 6.99. The van der Waals surface area contributed by atoms with Crippen LogP contribution in [0, 0.1) is 11.3 Å². The fourth-order valence-corrected chi connectivity index (χ4v) is 1.29. The maximum Gasteiger partial charge on any atom is 0.170 e. The van der Waals surface area contributed by atoms with Crippen molar-refractivity contribution in [3.63, 3.8) is 0 Å². The molecule has 1 aromatic rings. The first-order chi connectivity index (χ1) is 6.20. The predicted octanol–water partition coefficient (Wildman–Crippen LogP) is 1.91. The van der Waals surface area contributed by atoms with Crippen LogP contribution in [0.3, 0.4) is 0 Å². The maximum atomic E-state index is 9.30. The third-order valence-corrected chi connectivity index (χ3v) is 1.96. The van der Waals surface area contributed by atoms with Crippen molar-refractivity contribution in [2.75, 3.05) is 7.11 Å². The van der Waals surface area contributed by atoms with Gasteiger partial charge in [0, 0.05) is 0 Å². The predicted molar refractivity (Wildman–Crippen MR) is 48.6 cm³/mol. The van der Waals surface area contributed by atoms with Crippen molar-refractivity contribution in [2.45, 2.75) is 6.10 Å². The van der Waals surface area contributed by atoms with Gasteiger partial charge in [-0.3, -0.25) is 0 Å². The number of hydrogen-bond donors (Lipinski definition) is 1. The number of ether oxygens (including phenoxy) is 1. The minimum Gasteiger partial charge on any atom is -0.496 e. The van der Waals surface area contributed by atoms with Gasteiger partial charge in [-0.25, -0.2) is 0 Å². The highest BCUT2D eigenvalue weighted by atomic mass is 35.5. The normalized spacial score (nSPS) is 11.8. The number of methoxy groups -OCH3 is 1. The van der Waals surface area contributed by atoms with Crippen LogP contribution in [0.25, 0.3) is 0 Å². The monoisotopic (exact) mass is 197 g/mol. The first-order valence-electron chi connectivity index (χ1n) is 3.60. The Labute approximate surface area is 81.1 Å². The van der Waals surface area contributed by atoms with Gasteiger partial charge in [0.2, 0.25) is 0 Å². The van der Waals surface area contributed by atoms with Gasteiger partial charge >= 0.3 is 0 Å². The van der Waals surface area contributed by atoms with Gasteiger partial charge in [0.25, 0.3) is 0 Å². The molecule has 3 nitrogen and oxygen atoms in total. The molecule has 0 aliphatic carbocycles. The van der Waals surface area contributed by atoms with Crippen LogP contribution in [-0.4, -0.2) is 12.2 Å². The van der Waals surface area contributed by atoms with Gasteiger partial charge in [-0.1, -0.05) is 17.7 Å². The molecule has 1 atom stereocenters. The molecule has 0 heterocycles. The van der Waals surface area contributed by atoms with Crippen molar-refractivity contribution >= 4 is 11.6 Å². The number of halogens is 1. The van der Waals surface area contributed by atoms with Gasteiger partial charge in [-0.2, -0.15) is 5.26 Å². The smallest absolute Gasteiger partial charge is 0.170 e. The number of nitriles is 1. The second-order valence-corrected chi connectivity index (χ2v) is 2.79. The molecule has 0 radical (unpaired) electrons. The number of hydrogen-bond acceptors (Lipinski definition) is 3. The van der Waals surface area contributed by atoms with Crippen molar-refractivity contribution in [1.82, 2.24) is 0 Å². The molecule has 0 fully saturated rings. The maximum absolute atomic E-state index is 9.30. The van der Waals surface area contributed by atoms with E-state index in [1.54, 1.807) is 24.3 Å². The summed E-state index contributed by atoms with van der Waals surface area (Å²) >= 11 is 5.79. The number of rotatable bonds is 2. The molecule has 68 valence electrons. The fourth-order valence-electron chi connectivity index (χ4n) is 1.03. The van der Waals surface area contributed by atoms with Gasteiger partial charge in [-0.05, 0) is 12.1 Å². The second kappa shape index (κ2) is 4.13. The molecule has 13 heavy (non-hydrogen) atoms. The molecular weight excluding hydrogens is 190 g/mol. The van der Waals surface area contributed by atoms with Gasteiger partial charge in [0.05, 0.1) is 23.8 Å². The summed E-state index contributed by atoms with van der Waals surface area (Å²) in [5, 5.41) is 18.1. The molecule has 1 unspecified atom stereocenters. The lowest BCUT2D eigenvalue weighted by Gasteiger charge is -2.10. The third-order valence-electron chi connectivity index (χ3n) is 1.63. The van der Waals surface area contributed by atoms with Crippen LogP contribution in [0.5, 0.6) is 5.75 Å². The topological polar surface area (TPSA) is 53.2 Å². The Hall–Kier alpha value is -1.24. The minimum absolute atomic E-state index is 0.314. The molecule has 1 aromatic carbocycles. The van der Waals surface area contributed by atoms with Gasteiger partial charge in [-0.15, -0.1) is 0 Å². The van der Waals surface area contributed by atoms with Crippen LogP contribution in [0.4, 0.5) is 0 Å². The van der Waals surface area contributed by atoms with E-state index in [0.717, 1.165) is 0 Å². The first kappa shape index (κ1) is 9.85. The van der Waals surface area contributed by atoms with Gasteiger partial charge in [0.15, 0.2) is 6.10 Å². The lowest BCUT2D eigenvalue weighted by Crippen LogP contribution is -1.98. The van der Waals surface area contributed by atoms with E-state index >= 15 is 0 Å². The summed E-state index contributed by atoms with van der Waals surface area (Å²) in [5.41, 5.74) is 0.314. The Morgan fingerprint density at radius 2 is 2.31 bits per heavy atom. The molecule has 1 rings (SSSR count). The Morgan fingerprint density at radius 3 is 2.85 bits per heavy atom. The van der Waals surface area contributed by atoms with E-state index in [2.05, 4.69) is 0 Å². The van der Waals surface area contributed by atoms with Gasteiger partial charge in [0.1, 0.15) is 5.75 Å². The Balaban J connectivity index is 3.24. The largest absolute Gasteiger partial charge is 0.496 e. The van der Waals surface area contributed by atoms with Gasteiger partial charge < -0.3 is 9.84 Å². The summed E-state index contributed by atoms with van der Waals surface area (Å²) in [6.07, 6.45) is -1.25.